The third-order valence-corrected chi connectivity index (χ3v) is 2.31. The first-order chi connectivity index (χ1) is 8.31. The average molecular weight is 225 g/mol. The zero-order valence-electron chi connectivity index (χ0n) is 9.41. The molecule has 2 aromatic heterocycles. The fourth-order valence-electron chi connectivity index (χ4n) is 1.38. The van der Waals surface area contributed by atoms with E-state index < -0.39 is 0 Å². The maximum atomic E-state index is 8.58. The van der Waals surface area contributed by atoms with E-state index >= 15 is 0 Å². The van der Waals surface area contributed by atoms with Crippen LogP contribution in [0, 0.1) is 11.3 Å². The van der Waals surface area contributed by atoms with Crippen LogP contribution in [0.5, 0.6) is 0 Å². The molecule has 2 rings (SSSR count). The van der Waals surface area contributed by atoms with Crippen LogP contribution in [0.4, 0.5) is 5.82 Å². The minimum absolute atomic E-state index is 0.293. The van der Waals surface area contributed by atoms with Crippen molar-refractivity contribution in [1.29, 1.82) is 5.26 Å². The number of pyridine rings is 1. The minimum Gasteiger partial charge on any atom is -0.345 e. The summed E-state index contributed by atoms with van der Waals surface area (Å²) >= 11 is 0. The second kappa shape index (κ2) is 5.03. The van der Waals surface area contributed by atoms with Crippen LogP contribution in [0.25, 0.3) is 11.3 Å². The summed E-state index contributed by atoms with van der Waals surface area (Å²) in [6.07, 6.45) is 3.45. The fraction of sp³-hybridized carbons (Fsp3) is 0.167. The van der Waals surface area contributed by atoms with E-state index in [0.717, 1.165) is 11.3 Å². The third-order valence-electron chi connectivity index (χ3n) is 2.31. The Morgan fingerprint density at radius 2 is 2.18 bits per heavy atom. The van der Waals surface area contributed by atoms with Gasteiger partial charge in [-0.1, -0.05) is 0 Å². The van der Waals surface area contributed by atoms with E-state index in [4.69, 9.17) is 5.26 Å². The number of anilines is 1. The second-order valence-electron chi connectivity index (χ2n) is 3.53. The van der Waals surface area contributed by atoms with E-state index in [9.17, 15) is 0 Å². The van der Waals surface area contributed by atoms with Gasteiger partial charge in [0.05, 0.1) is 11.8 Å². The molecule has 17 heavy (non-hydrogen) atoms. The minimum atomic E-state index is 0.293. The average Bonchev–Trinajstić information content (AvgIpc) is 2.40. The molecule has 0 unspecified atom stereocenters. The predicted molar refractivity (Wildman–Crippen MR) is 64.1 cm³/mol. The molecule has 84 valence electrons. The van der Waals surface area contributed by atoms with Crippen LogP contribution in [-0.2, 0) is 0 Å². The van der Waals surface area contributed by atoms with Crippen LogP contribution < -0.4 is 4.90 Å². The summed E-state index contributed by atoms with van der Waals surface area (Å²) in [5, 5.41) is 16.8. The highest BCUT2D eigenvalue weighted by Gasteiger charge is 2.04. The number of nitriles is 1. The number of hydrogen-bond acceptors (Lipinski definition) is 5. The van der Waals surface area contributed by atoms with Crippen LogP contribution >= 0.6 is 0 Å². The van der Waals surface area contributed by atoms with Crippen LogP contribution in [0.3, 0.4) is 0 Å². The van der Waals surface area contributed by atoms with Gasteiger partial charge < -0.3 is 4.90 Å². The third kappa shape index (κ3) is 2.55. The van der Waals surface area contributed by atoms with Crippen molar-refractivity contribution in [2.24, 2.45) is 0 Å². The summed E-state index contributed by atoms with van der Waals surface area (Å²) in [7, 11) is 1.80. The van der Waals surface area contributed by atoms with Crippen molar-refractivity contribution < 1.29 is 0 Å². The first kappa shape index (κ1) is 11.0. The molecule has 0 aromatic carbocycles. The van der Waals surface area contributed by atoms with Crippen molar-refractivity contribution in [3.63, 3.8) is 0 Å². The Hall–Kier alpha value is -2.48. The van der Waals surface area contributed by atoms with Crippen molar-refractivity contribution in [2.45, 2.75) is 0 Å². The molecule has 0 aliphatic heterocycles. The lowest BCUT2D eigenvalue weighted by Crippen LogP contribution is -2.18. The smallest absolute Gasteiger partial charge is 0.151 e. The molecule has 0 atom stereocenters. The maximum Gasteiger partial charge on any atom is 0.151 e. The molecule has 0 radical (unpaired) electrons. The molecule has 2 heterocycles. The highest BCUT2D eigenvalue weighted by atomic mass is 15.2. The lowest BCUT2D eigenvalue weighted by Gasteiger charge is -2.12. The van der Waals surface area contributed by atoms with Crippen LogP contribution in [0.15, 0.2) is 36.7 Å². The summed E-state index contributed by atoms with van der Waals surface area (Å²) in [6.45, 7) is 0.293. The molecule has 0 aliphatic rings. The van der Waals surface area contributed by atoms with Crippen molar-refractivity contribution in [3.8, 4) is 17.3 Å². The van der Waals surface area contributed by atoms with E-state index in [-0.39, 0.29) is 0 Å². The van der Waals surface area contributed by atoms with Gasteiger partial charge in [0.1, 0.15) is 6.54 Å². The van der Waals surface area contributed by atoms with Gasteiger partial charge in [0, 0.05) is 25.0 Å². The second-order valence-corrected chi connectivity index (χ2v) is 3.53. The highest BCUT2D eigenvalue weighted by molar-refractivity contribution is 5.58. The summed E-state index contributed by atoms with van der Waals surface area (Å²) in [4.78, 5) is 5.76. The summed E-state index contributed by atoms with van der Waals surface area (Å²) in [5.41, 5.74) is 1.70. The lowest BCUT2D eigenvalue weighted by atomic mass is 10.2. The number of nitrogens with zero attached hydrogens (tertiary/aromatic N) is 5. The molecule has 0 saturated heterocycles. The Morgan fingerprint density at radius 1 is 1.29 bits per heavy atom. The van der Waals surface area contributed by atoms with Gasteiger partial charge in [0.15, 0.2) is 5.82 Å². The van der Waals surface area contributed by atoms with Gasteiger partial charge in [0.25, 0.3) is 0 Å². The van der Waals surface area contributed by atoms with Gasteiger partial charge >= 0.3 is 0 Å². The van der Waals surface area contributed by atoms with Gasteiger partial charge in [-0.3, -0.25) is 4.98 Å². The van der Waals surface area contributed by atoms with E-state index in [1.807, 2.05) is 24.3 Å². The quantitative estimate of drug-likeness (QED) is 0.740. The molecule has 2 aromatic rings. The number of rotatable bonds is 3. The monoisotopic (exact) mass is 225 g/mol. The SMILES string of the molecule is CN(CC#N)c1ccc(-c2cccnc2)nn1. The molecule has 0 amide bonds. The maximum absolute atomic E-state index is 8.58. The van der Waals surface area contributed by atoms with Crippen molar-refractivity contribution in [1.82, 2.24) is 15.2 Å². The van der Waals surface area contributed by atoms with Crippen LogP contribution in [0.2, 0.25) is 0 Å². The van der Waals surface area contributed by atoms with Crippen LogP contribution in [0.1, 0.15) is 0 Å². The molecular weight excluding hydrogens is 214 g/mol. The summed E-state index contributed by atoms with van der Waals surface area (Å²) < 4.78 is 0. The Bertz CT molecular complexity index is 515. The number of aromatic nitrogens is 3. The van der Waals surface area contributed by atoms with E-state index in [2.05, 4.69) is 21.3 Å². The molecule has 0 fully saturated rings. The predicted octanol–water partition coefficient (Wildman–Crippen LogP) is 1.50. The van der Waals surface area contributed by atoms with Crippen molar-refractivity contribution >= 4 is 5.82 Å². The Kier molecular flexibility index (Phi) is 3.26. The van der Waals surface area contributed by atoms with Gasteiger partial charge in [0.2, 0.25) is 0 Å². The molecule has 0 spiro atoms. The Labute approximate surface area is 99.4 Å². The zero-order valence-corrected chi connectivity index (χ0v) is 9.41. The molecule has 5 heteroatoms. The highest BCUT2D eigenvalue weighted by Crippen LogP contribution is 2.16. The first-order valence-corrected chi connectivity index (χ1v) is 5.13. The number of hydrogen-bond donors (Lipinski definition) is 0. The molecular formula is C12H11N5. The van der Waals surface area contributed by atoms with E-state index in [1.54, 1.807) is 24.3 Å². The fourth-order valence-corrected chi connectivity index (χ4v) is 1.38. The van der Waals surface area contributed by atoms with Gasteiger partial charge in [-0.2, -0.15) is 5.26 Å². The summed E-state index contributed by atoms with van der Waals surface area (Å²) in [5.74, 6) is 0.680. The van der Waals surface area contributed by atoms with Crippen molar-refractivity contribution in [3.05, 3.63) is 36.7 Å². The zero-order chi connectivity index (χ0) is 12.1. The topological polar surface area (TPSA) is 65.7 Å². The molecule has 0 aliphatic carbocycles. The van der Waals surface area contributed by atoms with Crippen LogP contribution in [-0.4, -0.2) is 28.8 Å². The molecule has 0 bridgehead atoms. The standard InChI is InChI=1S/C12H11N5/c1-17(8-6-13)12-5-4-11(15-16-12)10-3-2-7-14-9-10/h2-5,7,9H,8H2,1H3. The molecule has 5 nitrogen and oxygen atoms in total. The Morgan fingerprint density at radius 3 is 2.76 bits per heavy atom. The van der Waals surface area contributed by atoms with Gasteiger partial charge in [-0.15, -0.1) is 10.2 Å². The summed E-state index contributed by atoms with van der Waals surface area (Å²) in [6, 6.07) is 9.55. The Balaban J connectivity index is 2.22. The molecule has 0 N–H and O–H groups in total. The molecule has 0 saturated carbocycles. The van der Waals surface area contributed by atoms with E-state index in [1.165, 1.54) is 0 Å². The first-order valence-electron chi connectivity index (χ1n) is 5.13. The van der Waals surface area contributed by atoms with Gasteiger partial charge in [-0.05, 0) is 24.3 Å². The van der Waals surface area contributed by atoms with Gasteiger partial charge in [-0.25, -0.2) is 0 Å². The lowest BCUT2D eigenvalue weighted by molar-refractivity contribution is 0.934. The normalized spacial score (nSPS) is 9.65. The van der Waals surface area contributed by atoms with Crippen molar-refractivity contribution in [2.75, 3.05) is 18.5 Å². The largest absolute Gasteiger partial charge is 0.345 e. The van der Waals surface area contributed by atoms with E-state index in [0.29, 0.717) is 12.4 Å².